The van der Waals surface area contributed by atoms with E-state index in [1.54, 1.807) is 4.68 Å². The molecule has 2 atom stereocenters. The van der Waals surface area contributed by atoms with Crippen LogP contribution < -0.4 is 9.47 Å². The van der Waals surface area contributed by atoms with E-state index in [2.05, 4.69) is 52.8 Å². The third kappa shape index (κ3) is 7.41. The number of ether oxygens (including phenoxy) is 2. The molecule has 0 saturated carbocycles. The Morgan fingerprint density at radius 3 is 2.31 bits per heavy atom. The molecule has 11 heteroatoms. The fourth-order valence-electron chi connectivity index (χ4n) is 3.37. The Morgan fingerprint density at radius 2 is 1.71 bits per heavy atom. The van der Waals surface area contributed by atoms with Crippen LogP contribution in [-0.4, -0.2) is 61.6 Å². The van der Waals surface area contributed by atoms with Gasteiger partial charge in [-0.15, -0.1) is 16.7 Å². The Hall–Kier alpha value is -1.19. The topological polar surface area (TPSA) is 110 Å². The van der Waals surface area contributed by atoms with Gasteiger partial charge in [-0.05, 0) is 80.6 Å². The van der Waals surface area contributed by atoms with E-state index in [4.69, 9.17) is 21.1 Å². The van der Waals surface area contributed by atoms with Gasteiger partial charge in [0.25, 0.3) is 0 Å². The van der Waals surface area contributed by atoms with Crippen molar-refractivity contribution in [2.45, 2.75) is 44.6 Å². The predicted molar refractivity (Wildman–Crippen MR) is 150 cm³/mol. The van der Waals surface area contributed by atoms with E-state index in [9.17, 15) is 15.3 Å². The molecule has 0 aliphatic carbocycles. The second-order valence-electron chi connectivity index (χ2n) is 8.55. The predicted octanol–water partition coefficient (Wildman–Crippen LogP) is 3.72. The molecule has 1 aromatic heterocycles. The van der Waals surface area contributed by atoms with Gasteiger partial charge in [-0.2, -0.15) is 0 Å². The zero-order chi connectivity index (χ0) is 25.6. The number of aliphatic hydroxyl groups is 3. The highest BCUT2D eigenvalue weighted by atomic mass is 127. The Balaban J connectivity index is 1.62. The van der Waals surface area contributed by atoms with E-state index in [1.807, 2.05) is 59.0 Å². The lowest BCUT2D eigenvalue weighted by Crippen LogP contribution is -2.25. The lowest BCUT2D eigenvalue weighted by Gasteiger charge is -2.27. The zero-order valence-corrected chi connectivity index (χ0v) is 24.4. The largest absolute Gasteiger partial charge is 0.491 e. The van der Waals surface area contributed by atoms with Crippen LogP contribution in [-0.2, 0) is 18.6 Å². The molecule has 3 aromatic rings. The van der Waals surface area contributed by atoms with Gasteiger partial charge in [0.1, 0.15) is 46.3 Å². The standard InChI is InChI=1S/C24H28ClI2N3O5/c1-24(2,15-3-6-19(7-4-15)34-13-17(32)10-25)16-5-8-22(20(26)9-16)35-14-18(33)11-30-23(27)21(12-31)28-29-30/h3-9,17-18,31-33H,10-14H2,1-2H3/t17-,18-/m1/s1/i26-4. The lowest BCUT2D eigenvalue weighted by molar-refractivity contribution is 0.0877. The number of benzene rings is 2. The minimum Gasteiger partial charge on any atom is -0.491 e. The molecular formula is C24H28ClI2N3O5. The molecule has 0 aliphatic heterocycles. The molecule has 3 rings (SSSR count). The van der Waals surface area contributed by atoms with E-state index in [0.717, 1.165) is 14.7 Å². The Morgan fingerprint density at radius 1 is 1.06 bits per heavy atom. The van der Waals surface area contributed by atoms with Crippen molar-refractivity contribution < 1.29 is 24.8 Å². The van der Waals surface area contributed by atoms with Crippen molar-refractivity contribution in [2.75, 3.05) is 19.1 Å². The number of halogens is 3. The number of hydrogen-bond acceptors (Lipinski definition) is 7. The van der Waals surface area contributed by atoms with Crippen molar-refractivity contribution >= 4 is 56.8 Å². The minimum absolute atomic E-state index is 0.100. The van der Waals surface area contributed by atoms with Gasteiger partial charge in [-0.25, -0.2) is 4.68 Å². The lowest BCUT2D eigenvalue weighted by atomic mass is 9.78. The van der Waals surface area contributed by atoms with Crippen LogP contribution in [0.3, 0.4) is 0 Å². The van der Waals surface area contributed by atoms with Crippen molar-refractivity contribution in [1.29, 1.82) is 0 Å². The smallest absolute Gasteiger partial charge is 0.132 e. The molecule has 0 radical (unpaired) electrons. The minimum atomic E-state index is -0.782. The van der Waals surface area contributed by atoms with Crippen LogP contribution in [0, 0.1) is 7.27 Å². The molecule has 0 aliphatic rings. The SMILES string of the molecule is CC(C)(c1ccc(OC[C@H](O)CCl)cc1)c1ccc(OC[C@H](O)Cn2nnc(CO)c2I)c([123I])c1. The molecule has 1 heterocycles. The normalized spacial score (nSPS) is 13.5. The molecule has 8 nitrogen and oxygen atoms in total. The van der Waals surface area contributed by atoms with E-state index in [-0.39, 0.29) is 37.7 Å². The Bertz CT molecular complexity index is 1110. The summed E-state index contributed by atoms with van der Waals surface area (Å²) in [6.45, 7) is 4.58. The maximum Gasteiger partial charge on any atom is 0.132 e. The zero-order valence-electron chi connectivity index (χ0n) is 19.4. The quantitative estimate of drug-likeness (QED) is 0.193. The van der Waals surface area contributed by atoms with Gasteiger partial charge in [0.15, 0.2) is 0 Å². The highest BCUT2D eigenvalue weighted by Crippen LogP contribution is 2.35. The Kier molecular flexibility index (Phi) is 10.4. The molecule has 3 N–H and O–H groups in total. The molecule has 35 heavy (non-hydrogen) atoms. The van der Waals surface area contributed by atoms with Crippen LogP contribution in [0.2, 0.25) is 0 Å². The highest BCUT2D eigenvalue weighted by molar-refractivity contribution is 14.1. The molecule has 0 amide bonds. The second kappa shape index (κ2) is 12.9. The number of hydrogen-bond donors (Lipinski definition) is 3. The molecule has 0 fully saturated rings. The number of alkyl halides is 1. The van der Waals surface area contributed by atoms with Crippen molar-refractivity contribution in [3.05, 3.63) is 66.6 Å². The van der Waals surface area contributed by atoms with Crippen LogP contribution in [0.1, 0.15) is 30.7 Å². The van der Waals surface area contributed by atoms with Gasteiger partial charge in [0.2, 0.25) is 0 Å². The van der Waals surface area contributed by atoms with Crippen LogP contribution in [0.15, 0.2) is 42.5 Å². The monoisotopic (exact) mass is 723 g/mol. The molecule has 0 spiro atoms. The number of aliphatic hydroxyl groups excluding tert-OH is 3. The van der Waals surface area contributed by atoms with Crippen molar-refractivity contribution in [1.82, 2.24) is 15.0 Å². The summed E-state index contributed by atoms with van der Waals surface area (Å²) in [5, 5.41) is 37.0. The summed E-state index contributed by atoms with van der Waals surface area (Å²) < 4.78 is 14.6. The average Bonchev–Trinajstić information content (AvgIpc) is 3.20. The third-order valence-electron chi connectivity index (χ3n) is 5.55. The fraction of sp³-hybridized carbons (Fsp3) is 0.417. The first kappa shape index (κ1) is 28.4. The maximum atomic E-state index is 10.4. The van der Waals surface area contributed by atoms with Gasteiger partial charge < -0.3 is 24.8 Å². The summed E-state index contributed by atoms with van der Waals surface area (Å²) in [5.41, 5.74) is 2.46. The molecule has 190 valence electrons. The Labute approximate surface area is 236 Å². The van der Waals surface area contributed by atoms with Gasteiger partial charge in [0, 0.05) is 5.41 Å². The van der Waals surface area contributed by atoms with Crippen LogP contribution in [0.4, 0.5) is 0 Å². The molecule has 0 unspecified atom stereocenters. The highest BCUT2D eigenvalue weighted by Gasteiger charge is 2.24. The maximum absolute atomic E-state index is 10.4. The summed E-state index contributed by atoms with van der Waals surface area (Å²) in [4.78, 5) is 0. The van der Waals surface area contributed by atoms with Gasteiger partial charge in [0.05, 0.1) is 22.6 Å². The molecule has 0 bridgehead atoms. The summed E-state index contributed by atoms with van der Waals surface area (Å²) in [6, 6.07) is 13.8. The fourth-order valence-corrected chi connectivity index (χ4v) is 4.70. The molecule has 2 aromatic carbocycles. The molecular weight excluding hydrogens is 696 g/mol. The summed E-state index contributed by atoms with van der Waals surface area (Å²) >= 11 is 9.89. The average molecular weight is 724 g/mol. The molecule has 0 saturated heterocycles. The van der Waals surface area contributed by atoms with E-state index < -0.39 is 12.2 Å². The summed E-state index contributed by atoms with van der Waals surface area (Å²) in [5.74, 6) is 1.50. The summed E-state index contributed by atoms with van der Waals surface area (Å²) in [7, 11) is 0. The first-order valence-corrected chi connectivity index (χ1v) is 13.6. The first-order valence-electron chi connectivity index (χ1n) is 10.9. The van der Waals surface area contributed by atoms with E-state index >= 15 is 0 Å². The van der Waals surface area contributed by atoms with Crippen molar-refractivity contribution in [3.63, 3.8) is 0 Å². The van der Waals surface area contributed by atoms with Crippen molar-refractivity contribution in [2.24, 2.45) is 0 Å². The number of rotatable bonds is 12. The number of aromatic nitrogens is 3. The van der Waals surface area contributed by atoms with Gasteiger partial charge >= 0.3 is 0 Å². The van der Waals surface area contributed by atoms with Gasteiger partial charge in [-0.1, -0.05) is 37.3 Å². The van der Waals surface area contributed by atoms with Crippen molar-refractivity contribution in [3.8, 4) is 11.5 Å². The second-order valence-corrected chi connectivity index (χ2v) is 11.0. The van der Waals surface area contributed by atoms with Gasteiger partial charge in [-0.3, -0.25) is 0 Å². The van der Waals surface area contributed by atoms with Crippen LogP contribution >= 0.6 is 56.8 Å². The van der Waals surface area contributed by atoms with Crippen LogP contribution in [0.25, 0.3) is 0 Å². The van der Waals surface area contributed by atoms with E-state index in [0.29, 0.717) is 20.9 Å². The number of nitrogens with zero attached hydrogens (tertiary/aromatic N) is 3. The third-order valence-corrected chi connectivity index (χ3v) is 7.93. The summed E-state index contributed by atoms with van der Waals surface area (Å²) in [6.07, 6.45) is -1.47. The van der Waals surface area contributed by atoms with Crippen LogP contribution in [0.5, 0.6) is 11.5 Å². The van der Waals surface area contributed by atoms with E-state index in [1.165, 1.54) is 0 Å². The first-order chi connectivity index (χ1) is 16.6.